The Balaban J connectivity index is 1.33. The molecule has 0 radical (unpaired) electrons. The molecule has 0 bridgehead atoms. The predicted molar refractivity (Wildman–Crippen MR) is 144 cm³/mol. The lowest BCUT2D eigenvalue weighted by Crippen LogP contribution is -2.53. The monoisotopic (exact) mass is 526 g/mol. The molecule has 0 saturated carbocycles. The Morgan fingerprint density at radius 3 is 1.57 bits per heavy atom. The highest BCUT2D eigenvalue weighted by Gasteiger charge is 2.39. The molecule has 200 valence electrons. The fourth-order valence-electron chi connectivity index (χ4n) is 5.17. The lowest BCUT2D eigenvalue weighted by molar-refractivity contribution is -0.126. The van der Waals surface area contributed by atoms with E-state index in [1.165, 1.54) is 8.61 Å². The maximum absolute atomic E-state index is 13.5. The van der Waals surface area contributed by atoms with Crippen LogP contribution in [-0.4, -0.2) is 55.0 Å². The third kappa shape index (κ3) is 6.77. The molecule has 2 atom stereocenters. The van der Waals surface area contributed by atoms with Crippen molar-refractivity contribution >= 4 is 22.0 Å². The second kappa shape index (κ2) is 12.2. The number of rotatable bonds is 8. The van der Waals surface area contributed by atoms with Crippen molar-refractivity contribution in [1.82, 2.24) is 19.2 Å². The molecule has 2 N–H and O–H groups in total. The highest BCUT2D eigenvalue weighted by molar-refractivity contribution is 7.86. The van der Waals surface area contributed by atoms with E-state index in [0.717, 1.165) is 22.3 Å². The number of amides is 2. The first-order chi connectivity index (χ1) is 17.8. The molecule has 37 heavy (non-hydrogen) atoms. The summed E-state index contributed by atoms with van der Waals surface area (Å²) in [5, 5.41) is 5.98. The Morgan fingerprint density at radius 1 is 0.757 bits per heavy atom. The zero-order valence-corrected chi connectivity index (χ0v) is 22.6. The van der Waals surface area contributed by atoms with Gasteiger partial charge in [-0.15, -0.1) is 0 Å². The van der Waals surface area contributed by atoms with E-state index in [1.807, 2.05) is 62.4 Å². The van der Waals surface area contributed by atoms with Crippen molar-refractivity contribution in [2.45, 2.75) is 52.6 Å². The van der Waals surface area contributed by atoms with Crippen molar-refractivity contribution in [3.05, 3.63) is 70.8 Å². The molecule has 0 spiro atoms. The minimum absolute atomic E-state index is 0.116. The first kappa shape index (κ1) is 27.3. The summed E-state index contributed by atoms with van der Waals surface area (Å²) < 4.78 is 29.9. The van der Waals surface area contributed by atoms with Gasteiger partial charge in [0, 0.05) is 39.3 Å². The lowest BCUT2D eigenvalue weighted by Gasteiger charge is -2.38. The van der Waals surface area contributed by atoms with E-state index in [0.29, 0.717) is 51.9 Å². The summed E-state index contributed by atoms with van der Waals surface area (Å²) in [6.07, 6.45) is 2.59. The number of hydrogen-bond donors (Lipinski definition) is 2. The highest BCUT2D eigenvalue weighted by Crippen LogP contribution is 2.26. The quantitative estimate of drug-likeness (QED) is 0.553. The van der Waals surface area contributed by atoms with Crippen molar-refractivity contribution in [3.63, 3.8) is 0 Å². The molecular weight excluding hydrogens is 488 g/mol. The first-order valence-electron chi connectivity index (χ1n) is 13.2. The van der Waals surface area contributed by atoms with Crippen LogP contribution in [0.2, 0.25) is 0 Å². The fraction of sp³-hybridized carbons (Fsp3) is 0.500. The number of benzene rings is 2. The van der Waals surface area contributed by atoms with E-state index in [4.69, 9.17) is 0 Å². The smallest absolute Gasteiger partial charge is 0.282 e. The van der Waals surface area contributed by atoms with E-state index in [-0.39, 0.29) is 36.7 Å². The first-order valence-corrected chi connectivity index (χ1v) is 14.5. The summed E-state index contributed by atoms with van der Waals surface area (Å²) in [6, 6.07) is 15.8. The van der Waals surface area contributed by atoms with Gasteiger partial charge in [-0.1, -0.05) is 48.5 Å². The van der Waals surface area contributed by atoms with Gasteiger partial charge in [0.15, 0.2) is 0 Å². The average Bonchev–Trinajstić information content (AvgIpc) is 2.92. The summed E-state index contributed by atoms with van der Waals surface area (Å²) in [5.41, 5.74) is 4.32. The topological polar surface area (TPSA) is 98.8 Å². The Morgan fingerprint density at radius 2 is 1.16 bits per heavy atom. The fourth-order valence-corrected chi connectivity index (χ4v) is 6.95. The van der Waals surface area contributed by atoms with Gasteiger partial charge >= 0.3 is 0 Å². The average molecular weight is 527 g/mol. The van der Waals surface area contributed by atoms with E-state index in [1.54, 1.807) is 0 Å². The molecule has 2 aliphatic rings. The second-order valence-corrected chi connectivity index (χ2v) is 12.1. The van der Waals surface area contributed by atoms with Crippen LogP contribution in [0.15, 0.2) is 48.5 Å². The normalized spacial score (nSPS) is 21.4. The maximum Gasteiger partial charge on any atom is 0.282 e. The van der Waals surface area contributed by atoms with Crippen molar-refractivity contribution in [2.75, 3.05) is 26.2 Å². The van der Waals surface area contributed by atoms with Gasteiger partial charge in [-0.25, -0.2) is 0 Å². The third-order valence-corrected chi connectivity index (χ3v) is 9.56. The standard InChI is InChI=1S/C28H38N4O4S/c1-21-9-3-5-11-23(21)17-29-27(33)25-13-7-15-31(19-25)37(35,36)32-16-8-14-26(20-32)28(34)30-18-24-12-6-4-10-22(24)2/h3-6,9-12,25-26H,7-8,13-20H2,1-2H3,(H,29,33)(H,30,34)/t25-,26-/m1/s1. The van der Waals surface area contributed by atoms with Crippen molar-refractivity contribution in [1.29, 1.82) is 0 Å². The van der Waals surface area contributed by atoms with Crippen molar-refractivity contribution < 1.29 is 18.0 Å². The Kier molecular flexibility index (Phi) is 9.00. The Labute approximate surface area is 220 Å². The summed E-state index contributed by atoms with van der Waals surface area (Å²) in [6.45, 7) is 6.00. The van der Waals surface area contributed by atoms with Crippen LogP contribution in [0.1, 0.15) is 47.9 Å². The molecule has 4 rings (SSSR count). The van der Waals surface area contributed by atoms with E-state index < -0.39 is 10.2 Å². The van der Waals surface area contributed by atoms with Gasteiger partial charge < -0.3 is 10.6 Å². The number of carbonyl (C=O) groups is 2. The molecule has 2 fully saturated rings. The van der Waals surface area contributed by atoms with Gasteiger partial charge in [-0.3, -0.25) is 9.59 Å². The minimum Gasteiger partial charge on any atom is -0.352 e. The summed E-state index contributed by atoms with van der Waals surface area (Å²) >= 11 is 0. The SMILES string of the molecule is Cc1ccccc1CNC(=O)[C@@H]1CCCN(S(=O)(=O)N2CCC[C@@H](C(=O)NCc3ccccc3C)C2)C1. The molecule has 2 aliphatic heterocycles. The van der Waals surface area contributed by atoms with Gasteiger partial charge in [-0.2, -0.15) is 17.0 Å². The highest BCUT2D eigenvalue weighted by atomic mass is 32.2. The van der Waals surface area contributed by atoms with Crippen molar-refractivity contribution in [2.24, 2.45) is 11.8 Å². The molecule has 0 aromatic heterocycles. The molecule has 8 nitrogen and oxygen atoms in total. The number of carbonyl (C=O) groups excluding carboxylic acids is 2. The van der Waals surface area contributed by atoms with Crippen molar-refractivity contribution in [3.8, 4) is 0 Å². The molecule has 2 amide bonds. The number of piperidine rings is 2. The maximum atomic E-state index is 13.5. The molecule has 9 heteroatoms. The Bertz CT molecular complexity index is 1130. The van der Waals surface area contributed by atoms with Gasteiger partial charge in [0.2, 0.25) is 11.8 Å². The number of aryl methyl sites for hydroxylation is 2. The van der Waals surface area contributed by atoms with Crippen LogP contribution in [0.3, 0.4) is 0 Å². The minimum atomic E-state index is -3.76. The van der Waals surface area contributed by atoms with Crippen LogP contribution in [0.5, 0.6) is 0 Å². The van der Waals surface area contributed by atoms with Crippen LogP contribution in [0, 0.1) is 25.7 Å². The van der Waals surface area contributed by atoms with Gasteiger partial charge in [0.25, 0.3) is 10.2 Å². The summed E-state index contributed by atoms with van der Waals surface area (Å²) in [4.78, 5) is 25.8. The van der Waals surface area contributed by atoms with Gasteiger partial charge in [-0.05, 0) is 61.8 Å². The van der Waals surface area contributed by atoms with Crippen LogP contribution < -0.4 is 10.6 Å². The van der Waals surface area contributed by atoms with Crippen LogP contribution in [-0.2, 0) is 32.9 Å². The van der Waals surface area contributed by atoms with Crippen LogP contribution in [0.25, 0.3) is 0 Å². The molecule has 0 unspecified atom stereocenters. The number of hydrogen-bond acceptors (Lipinski definition) is 4. The molecule has 2 heterocycles. The largest absolute Gasteiger partial charge is 0.352 e. The second-order valence-electron chi connectivity index (χ2n) is 10.2. The lowest BCUT2D eigenvalue weighted by atomic mass is 9.98. The van der Waals surface area contributed by atoms with E-state index in [2.05, 4.69) is 10.6 Å². The molecule has 2 saturated heterocycles. The summed E-state index contributed by atoms with van der Waals surface area (Å²) in [7, 11) is -3.76. The predicted octanol–water partition coefficient (Wildman–Crippen LogP) is 2.90. The van der Waals surface area contributed by atoms with E-state index >= 15 is 0 Å². The molecule has 2 aromatic rings. The molecule has 2 aromatic carbocycles. The van der Waals surface area contributed by atoms with Gasteiger partial charge in [0.05, 0.1) is 11.8 Å². The zero-order valence-electron chi connectivity index (χ0n) is 21.8. The molecular formula is C28H38N4O4S. The zero-order chi connectivity index (χ0) is 26.4. The Hall–Kier alpha value is -2.75. The van der Waals surface area contributed by atoms with E-state index in [9.17, 15) is 18.0 Å². The third-order valence-electron chi connectivity index (χ3n) is 7.59. The van der Waals surface area contributed by atoms with Crippen LogP contribution in [0.4, 0.5) is 0 Å². The molecule has 0 aliphatic carbocycles. The summed E-state index contributed by atoms with van der Waals surface area (Å²) in [5.74, 6) is -0.999. The number of nitrogens with zero attached hydrogens (tertiary/aromatic N) is 2. The van der Waals surface area contributed by atoms with Crippen LogP contribution >= 0.6 is 0 Å². The number of nitrogens with one attached hydrogen (secondary N) is 2. The van der Waals surface area contributed by atoms with Gasteiger partial charge in [0.1, 0.15) is 0 Å².